The van der Waals surface area contributed by atoms with Gasteiger partial charge in [0.05, 0.1) is 31.5 Å². The van der Waals surface area contributed by atoms with E-state index in [1.165, 1.54) is 0 Å². The number of piperidine rings is 1. The minimum absolute atomic E-state index is 0.00536. The number of rotatable bonds is 8. The molecule has 4 aliphatic rings. The minimum atomic E-state index is -1.17. The van der Waals surface area contributed by atoms with E-state index in [1.54, 1.807) is 25.0 Å². The van der Waals surface area contributed by atoms with Gasteiger partial charge >= 0.3 is 5.97 Å². The number of ether oxygens (including phenoxy) is 3. The number of methoxy groups -OCH3 is 1. The molecule has 5 atom stereocenters. The molecular weight excluding hydrogens is 684 g/mol. The zero-order chi connectivity index (χ0) is 37.7. The molecule has 3 fully saturated rings. The summed E-state index contributed by atoms with van der Waals surface area (Å²) in [5.41, 5.74) is 1.31. The fourth-order valence-corrected chi connectivity index (χ4v) is 8.35. The van der Waals surface area contributed by atoms with E-state index in [0.717, 1.165) is 61.6 Å². The van der Waals surface area contributed by atoms with Crippen molar-refractivity contribution in [2.45, 2.75) is 95.2 Å². The molecule has 1 aliphatic carbocycles. The summed E-state index contributed by atoms with van der Waals surface area (Å²) in [5.74, 6) is -0.761. The number of esters is 1. The number of pyridine rings is 1. The molecule has 11 heteroatoms. The number of carbonyl (C=O) groups excluding carboxylic acids is 4. The summed E-state index contributed by atoms with van der Waals surface area (Å²) in [6.45, 7) is 3.52. The van der Waals surface area contributed by atoms with E-state index in [9.17, 15) is 19.2 Å². The molecule has 1 aromatic heterocycles. The highest BCUT2D eigenvalue weighted by Crippen LogP contribution is 2.46. The number of benzene rings is 2. The average Bonchev–Trinajstić information content (AvgIpc) is 3.73. The maximum absolute atomic E-state index is 14.7. The van der Waals surface area contributed by atoms with E-state index in [-0.39, 0.29) is 43.7 Å². The monoisotopic (exact) mass is 736 g/mol. The second kappa shape index (κ2) is 16.6. The lowest BCUT2D eigenvalue weighted by Crippen LogP contribution is -2.54. The van der Waals surface area contributed by atoms with Crippen LogP contribution in [-0.4, -0.2) is 89.5 Å². The van der Waals surface area contributed by atoms with Gasteiger partial charge in [-0.3, -0.25) is 14.4 Å². The maximum Gasteiger partial charge on any atom is 0.332 e. The summed E-state index contributed by atoms with van der Waals surface area (Å²) in [7, 11) is 1.59. The van der Waals surface area contributed by atoms with Crippen LogP contribution in [0.25, 0.3) is 22.2 Å². The van der Waals surface area contributed by atoms with Crippen LogP contribution >= 0.6 is 0 Å². The molecule has 4 heterocycles. The van der Waals surface area contributed by atoms with Gasteiger partial charge in [-0.15, -0.1) is 0 Å². The zero-order valence-electron chi connectivity index (χ0n) is 31.5. The van der Waals surface area contributed by atoms with Gasteiger partial charge in [-0.25, -0.2) is 9.78 Å². The Hall–Kier alpha value is -4.93. The van der Waals surface area contributed by atoms with Gasteiger partial charge in [0.25, 0.3) is 0 Å². The second-order valence-corrected chi connectivity index (χ2v) is 15.1. The number of hydrogen-bond acceptors (Lipinski definition) is 8. The molecule has 3 amide bonds. The molecule has 3 aliphatic heterocycles. The normalized spacial score (nSPS) is 26.2. The molecule has 11 nitrogen and oxygen atoms in total. The van der Waals surface area contributed by atoms with Crippen molar-refractivity contribution in [2.24, 2.45) is 11.8 Å². The van der Waals surface area contributed by atoms with Crippen LogP contribution in [0, 0.1) is 11.8 Å². The molecule has 0 bridgehead atoms. The number of amides is 3. The number of carbonyl (C=O) groups is 4. The summed E-state index contributed by atoms with van der Waals surface area (Å²) < 4.78 is 17.8. The SMILES string of the molecule is CCOC(=O)C12CC1C=CCCCCC[C@@H](CC(=O)N1CCCCC1)C(=O)N1C[C@H](Oc3cc(OC)cc4nc(-c5ccccc5)ccc34)C[C@H]1C(=O)N2. The van der Waals surface area contributed by atoms with Gasteiger partial charge in [-0.05, 0) is 64.0 Å². The molecule has 7 rings (SSSR count). The third-order valence-corrected chi connectivity index (χ3v) is 11.5. The number of fused-ring (bicyclic) bond motifs is 3. The van der Waals surface area contributed by atoms with Crippen LogP contribution in [0.4, 0.5) is 0 Å². The number of aromatic nitrogens is 1. The highest BCUT2D eigenvalue weighted by atomic mass is 16.5. The van der Waals surface area contributed by atoms with Crippen molar-refractivity contribution in [1.29, 1.82) is 0 Å². The van der Waals surface area contributed by atoms with Gasteiger partial charge in [0.1, 0.15) is 29.2 Å². The van der Waals surface area contributed by atoms with Gasteiger partial charge in [0, 0.05) is 60.8 Å². The Morgan fingerprint density at radius 2 is 1.78 bits per heavy atom. The van der Waals surface area contributed by atoms with Gasteiger partial charge < -0.3 is 29.3 Å². The Morgan fingerprint density at radius 3 is 2.56 bits per heavy atom. The van der Waals surface area contributed by atoms with Gasteiger partial charge in [-0.2, -0.15) is 0 Å². The Kier molecular flexibility index (Phi) is 11.5. The fraction of sp³-hybridized carbons (Fsp3) is 0.512. The summed E-state index contributed by atoms with van der Waals surface area (Å²) >= 11 is 0. The van der Waals surface area contributed by atoms with Crippen molar-refractivity contribution in [1.82, 2.24) is 20.1 Å². The van der Waals surface area contributed by atoms with E-state index in [4.69, 9.17) is 19.2 Å². The van der Waals surface area contributed by atoms with Crippen LogP contribution < -0.4 is 14.8 Å². The van der Waals surface area contributed by atoms with Crippen LogP contribution in [-0.2, 0) is 23.9 Å². The van der Waals surface area contributed by atoms with Crippen LogP contribution in [0.3, 0.4) is 0 Å². The third-order valence-electron chi connectivity index (χ3n) is 11.5. The number of likely N-dealkylation sites (tertiary alicyclic amines) is 1. The predicted molar refractivity (Wildman–Crippen MR) is 205 cm³/mol. The van der Waals surface area contributed by atoms with Crippen LogP contribution in [0.1, 0.15) is 77.6 Å². The number of hydrogen-bond donors (Lipinski definition) is 1. The molecular formula is C43H52N4O7. The first-order valence-corrected chi connectivity index (χ1v) is 19.7. The third kappa shape index (κ3) is 8.10. The lowest BCUT2D eigenvalue weighted by Gasteiger charge is -2.31. The Bertz CT molecular complexity index is 1880. The van der Waals surface area contributed by atoms with E-state index in [0.29, 0.717) is 42.9 Å². The number of allylic oxidation sites excluding steroid dienone is 1. The van der Waals surface area contributed by atoms with Gasteiger partial charge in [-0.1, -0.05) is 55.3 Å². The van der Waals surface area contributed by atoms with Gasteiger partial charge in [0.2, 0.25) is 17.7 Å². The topological polar surface area (TPSA) is 127 Å². The van der Waals surface area contributed by atoms with Crippen molar-refractivity contribution < 1.29 is 33.4 Å². The standard InChI is InChI=1S/C43H52N4O7/c1-3-53-42(51)43-27-31(43)18-12-6-4-5-9-17-30(23-39(48)46-21-13-8-14-22-46)41(50)47-28-33(25-37(47)40(49)45-43)54-38-26-32(52-2)24-36-34(38)19-20-35(44-36)29-15-10-7-11-16-29/h7,10-12,15-16,18-20,24,26,30-31,33,37H,3-6,8-9,13-14,17,21-23,25,27-28H2,1-2H3,(H,45,49)/t30-,31?,33+,37-,43?/m0/s1. The molecule has 3 aromatic rings. The molecule has 54 heavy (non-hydrogen) atoms. The first-order chi connectivity index (χ1) is 26.3. The Balaban J connectivity index is 1.20. The number of nitrogens with one attached hydrogen (secondary N) is 1. The molecule has 2 saturated heterocycles. The number of nitrogens with zero attached hydrogens (tertiary/aromatic N) is 3. The Labute approximate surface area is 317 Å². The average molecular weight is 737 g/mol. The van der Waals surface area contributed by atoms with E-state index in [2.05, 4.69) is 11.4 Å². The zero-order valence-corrected chi connectivity index (χ0v) is 31.5. The smallest absolute Gasteiger partial charge is 0.332 e. The molecule has 286 valence electrons. The highest BCUT2D eigenvalue weighted by molar-refractivity contribution is 5.96. The first kappa shape index (κ1) is 37.4. The quantitative estimate of drug-likeness (QED) is 0.213. The maximum atomic E-state index is 14.7. The van der Waals surface area contributed by atoms with E-state index < -0.39 is 35.5 Å². The summed E-state index contributed by atoms with van der Waals surface area (Å²) in [6, 6.07) is 16.6. The van der Waals surface area contributed by atoms with Crippen molar-refractivity contribution in [3.05, 3.63) is 66.7 Å². The highest BCUT2D eigenvalue weighted by Gasteiger charge is 2.62. The van der Waals surface area contributed by atoms with Crippen molar-refractivity contribution >= 4 is 34.6 Å². The first-order valence-electron chi connectivity index (χ1n) is 19.7. The van der Waals surface area contributed by atoms with E-state index in [1.807, 2.05) is 59.5 Å². The second-order valence-electron chi connectivity index (χ2n) is 15.1. The van der Waals surface area contributed by atoms with Crippen LogP contribution in [0.5, 0.6) is 11.5 Å². The molecule has 1 saturated carbocycles. The molecule has 2 unspecified atom stereocenters. The van der Waals surface area contributed by atoms with Crippen molar-refractivity contribution in [3.63, 3.8) is 0 Å². The van der Waals surface area contributed by atoms with Crippen molar-refractivity contribution in [2.75, 3.05) is 33.4 Å². The lowest BCUT2D eigenvalue weighted by molar-refractivity contribution is -0.150. The fourth-order valence-electron chi connectivity index (χ4n) is 8.35. The molecule has 2 aromatic carbocycles. The van der Waals surface area contributed by atoms with Crippen molar-refractivity contribution in [3.8, 4) is 22.8 Å². The summed E-state index contributed by atoms with van der Waals surface area (Å²) in [4.78, 5) is 64.5. The Morgan fingerprint density at radius 1 is 0.981 bits per heavy atom. The van der Waals surface area contributed by atoms with Gasteiger partial charge in [0.15, 0.2) is 0 Å². The minimum Gasteiger partial charge on any atom is -0.497 e. The summed E-state index contributed by atoms with van der Waals surface area (Å²) in [6.07, 6.45) is 11.4. The molecule has 0 spiro atoms. The van der Waals surface area contributed by atoms with Crippen LogP contribution in [0.2, 0.25) is 0 Å². The molecule has 1 N–H and O–H groups in total. The van der Waals surface area contributed by atoms with Crippen LogP contribution in [0.15, 0.2) is 66.7 Å². The molecule has 0 radical (unpaired) electrons. The largest absolute Gasteiger partial charge is 0.497 e. The summed E-state index contributed by atoms with van der Waals surface area (Å²) in [5, 5.41) is 3.83. The van der Waals surface area contributed by atoms with E-state index >= 15 is 0 Å². The predicted octanol–water partition coefficient (Wildman–Crippen LogP) is 6.24. The lowest BCUT2D eigenvalue weighted by atomic mass is 9.94.